The summed E-state index contributed by atoms with van der Waals surface area (Å²) < 4.78 is 6.80. The highest BCUT2D eigenvalue weighted by molar-refractivity contribution is 9.10. The molecule has 0 bridgehead atoms. The molecular formula is C15H17BrN2O. The molecule has 19 heavy (non-hydrogen) atoms. The molecule has 0 fully saturated rings. The van der Waals surface area contributed by atoms with Gasteiger partial charge in [-0.1, -0.05) is 28.1 Å². The van der Waals surface area contributed by atoms with Crippen LogP contribution in [0, 0.1) is 0 Å². The molecule has 0 amide bonds. The fraction of sp³-hybridized carbons (Fsp3) is 0.267. The monoisotopic (exact) mass is 320 g/mol. The second-order valence-corrected chi connectivity index (χ2v) is 5.41. The number of nitrogens with zero attached hydrogens (tertiary/aromatic N) is 1. The zero-order valence-electron chi connectivity index (χ0n) is 11.1. The fourth-order valence-corrected chi connectivity index (χ4v) is 1.92. The van der Waals surface area contributed by atoms with Crippen molar-refractivity contribution in [2.24, 2.45) is 0 Å². The van der Waals surface area contributed by atoms with Crippen LogP contribution in [-0.2, 0) is 6.54 Å². The summed E-state index contributed by atoms with van der Waals surface area (Å²) in [4.78, 5) is 4.32. The molecule has 0 saturated heterocycles. The number of aromatic nitrogens is 1. The molecule has 1 N–H and O–H groups in total. The molecule has 1 aromatic carbocycles. The summed E-state index contributed by atoms with van der Waals surface area (Å²) in [5, 5.41) is 3.30. The number of rotatable bonds is 5. The molecule has 0 aliphatic carbocycles. The quantitative estimate of drug-likeness (QED) is 0.894. The lowest BCUT2D eigenvalue weighted by Gasteiger charge is -2.14. The summed E-state index contributed by atoms with van der Waals surface area (Å²) >= 11 is 3.43. The van der Waals surface area contributed by atoms with Crippen molar-refractivity contribution in [3.63, 3.8) is 0 Å². The van der Waals surface area contributed by atoms with Crippen LogP contribution >= 0.6 is 15.9 Å². The number of ether oxygens (including phenoxy) is 1. The SMILES string of the molecule is CC(C)Oc1cccnc1NCc1ccc(Br)cc1. The van der Waals surface area contributed by atoms with E-state index in [-0.39, 0.29) is 6.10 Å². The predicted molar refractivity (Wildman–Crippen MR) is 81.5 cm³/mol. The van der Waals surface area contributed by atoms with Crippen LogP contribution in [0.15, 0.2) is 47.1 Å². The topological polar surface area (TPSA) is 34.1 Å². The third-order valence-electron chi connectivity index (χ3n) is 2.51. The molecule has 4 heteroatoms. The van der Waals surface area contributed by atoms with E-state index < -0.39 is 0 Å². The molecule has 0 unspecified atom stereocenters. The molecule has 0 saturated carbocycles. The molecule has 3 nitrogen and oxygen atoms in total. The number of halogens is 1. The number of anilines is 1. The maximum atomic E-state index is 5.72. The number of nitrogens with one attached hydrogen (secondary N) is 1. The first kappa shape index (κ1) is 13.9. The zero-order valence-corrected chi connectivity index (χ0v) is 12.6. The van der Waals surface area contributed by atoms with Crippen molar-refractivity contribution in [2.45, 2.75) is 26.5 Å². The van der Waals surface area contributed by atoms with Gasteiger partial charge in [0.1, 0.15) is 0 Å². The minimum absolute atomic E-state index is 0.137. The highest BCUT2D eigenvalue weighted by atomic mass is 79.9. The lowest BCUT2D eigenvalue weighted by molar-refractivity contribution is 0.243. The van der Waals surface area contributed by atoms with Crippen LogP contribution in [0.2, 0.25) is 0 Å². The average molecular weight is 321 g/mol. The molecule has 0 aliphatic rings. The van der Waals surface area contributed by atoms with Crippen LogP contribution < -0.4 is 10.1 Å². The van der Waals surface area contributed by atoms with E-state index in [9.17, 15) is 0 Å². The molecule has 100 valence electrons. The summed E-state index contributed by atoms with van der Waals surface area (Å²) in [6.45, 7) is 4.73. The summed E-state index contributed by atoms with van der Waals surface area (Å²) in [7, 11) is 0. The van der Waals surface area contributed by atoms with Crippen molar-refractivity contribution in [3.05, 3.63) is 52.6 Å². The lowest BCUT2D eigenvalue weighted by atomic mass is 10.2. The molecule has 2 aromatic rings. The van der Waals surface area contributed by atoms with E-state index in [2.05, 4.69) is 38.4 Å². The Kier molecular flexibility index (Phi) is 4.80. The van der Waals surface area contributed by atoms with Gasteiger partial charge in [0.25, 0.3) is 0 Å². The van der Waals surface area contributed by atoms with Gasteiger partial charge in [-0.15, -0.1) is 0 Å². The van der Waals surface area contributed by atoms with Crippen LogP contribution in [0.5, 0.6) is 5.75 Å². The lowest BCUT2D eigenvalue weighted by Crippen LogP contribution is -2.09. The molecule has 0 radical (unpaired) electrons. The van der Waals surface area contributed by atoms with Gasteiger partial charge in [-0.05, 0) is 43.7 Å². The number of pyridine rings is 1. The minimum Gasteiger partial charge on any atom is -0.487 e. The first-order valence-electron chi connectivity index (χ1n) is 6.25. The zero-order chi connectivity index (χ0) is 13.7. The highest BCUT2D eigenvalue weighted by Gasteiger charge is 2.05. The van der Waals surface area contributed by atoms with Crippen LogP contribution in [-0.4, -0.2) is 11.1 Å². The van der Waals surface area contributed by atoms with E-state index in [0.717, 1.165) is 22.6 Å². The number of hydrogen-bond acceptors (Lipinski definition) is 3. The van der Waals surface area contributed by atoms with Crippen LogP contribution in [0.4, 0.5) is 5.82 Å². The molecule has 0 atom stereocenters. The maximum absolute atomic E-state index is 5.72. The molecule has 0 aliphatic heterocycles. The Labute approximate surface area is 122 Å². The third-order valence-corrected chi connectivity index (χ3v) is 3.04. The average Bonchev–Trinajstić information content (AvgIpc) is 2.39. The predicted octanol–water partition coefficient (Wildman–Crippen LogP) is 4.24. The fourth-order valence-electron chi connectivity index (χ4n) is 1.66. The Balaban J connectivity index is 2.04. The first-order valence-corrected chi connectivity index (χ1v) is 7.04. The second-order valence-electron chi connectivity index (χ2n) is 4.50. The van der Waals surface area contributed by atoms with Crippen molar-refractivity contribution in [3.8, 4) is 5.75 Å². The van der Waals surface area contributed by atoms with Crippen molar-refractivity contribution >= 4 is 21.7 Å². The van der Waals surface area contributed by atoms with Gasteiger partial charge < -0.3 is 10.1 Å². The Morgan fingerprint density at radius 3 is 2.63 bits per heavy atom. The van der Waals surface area contributed by atoms with Crippen molar-refractivity contribution in [1.29, 1.82) is 0 Å². The van der Waals surface area contributed by atoms with Crippen LogP contribution in [0.3, 0.4) is 0 Å². The standard InChI is InChI=1S/C15H17BrN2O/c1-11(2)19-14-4-3-9-17-15(14)18-10-12-5-7-13(16)8-6-12/h3-9,11H,10H2,1-2H3,(H,17,18). The van der Waals surface area contributed by atoms with Crippen molar-refractivity contribution in [1.82, 2.24) is 4.98 Å². The van der Waals surface area contributed by atoms with Crippen molar-refractivity contribution < 1.29 is 4.74 Å². The van der Waals surface area contributed by atoms with Gasteiger partial charge in [-0.3, -0.25) is 0 Å². The van der Waals surface area contributed by atoms with Gasteiger partial charge in [-0.2, -0.15) is 0 Å². The van der Waals surface area contributed by atoms with E-state index >= 15 is 0 Å². The van der Waals surface area contributed by atoms with E-state index in [1.54, 1.807) is 6.20 Å². The largest absolute Gasteiger partial charge is 0.487 e. The van der Waals surface area contributed by atoms with Gasteiger partial charge in [0.05, 0.1) is 6.10 Å². The van der Waals surface area contributed by atoms with Gasteiger partial charge in [-0.25, -0.2) is 4.98 Å². The normalized spacial score (nSPS) is 10.5. The maximum Gasteiger partial charge on any atom is 0.169 e. The van der Waals surface area contributed by atoms with Gasteiger partial charge >= 0.3 is 0 Å². The molecule has 0 spiro atoms. The molecule has 1 aromatic heterocycles. The Morgan fingerprint density at radius 1 is 1.21 bits per heavy atom. The van der Waals surface area contributed by atoms with E-state index in [0.29, 0.717) is 0 Å². The van der Waals surface area contributed by atoms with Gasteiger partial charge in [0.15, 0.2) is 11.6 Å². The van der Waals surface area contributed by atoms with E-state index in [4.69, 9.17) is 4.74 Å². The summed E-state index contributed by atoms with van der Waals surface area (Å²) in [5.74, 6) is 1.56. The Hall–Kier alpha value is -1.55. The highest BCUT2D eigenvalue weighted by Crippen LogP contribution is 2.22. The van der Waals surface area contributed by atoms with E-state index in [1.807, 2.05) is 38.1 Å². The van der Waals surface area contributed by atoms with Gasteiger partial charge in [0.2, 0.25) is 0 Å². The minimum atomic E-state index is 0.137. The Bertz CT molecular complexity index is 526. The van der Waals surface area contributed by atoms with E-state index in [1.165, 1.54) is 5.56 Å². The number of benzene rings is 1. The van der Waals surface area contributed by atoms with Crippen LogP contribution in [0.1, 0.15) is 19.4 Å². The third kappa shape index (κ3) is 4.24. The molecule has 1 heterocycles. The summed E-state index contributed by atoms with van der Waals surface area (Å²) in [5.41, 5.74) is 1.20. The first-order chi connectivity index (χ1) is 9.15. The summed E-state index contributed by atoms with van der Waals surface area (Å²) in [6.07, 6.45) is 1.90. The second kappa shape index (κ2) is 6.57. The van der Waals surface area contributed by atoms with Crippen LogP contribution in [0.25, 0.3) is 0 Å². The van der Waals surface area contributed by atoms with Crippen molar-refractivity contribution in [2.75, 3.05) is 5.32 Å². The smallest absolute Gasteiger partial charge is 0.169 e. The number of hydrogen-bond donors (Lipinski definition) is 1. The summed E-state index contributed by atoms with van der Waals surface area (Å²) in [6, 6.07) is 12.0. The molecule has 2 rings (SSSR count). The Morgan fingerprint density at radius 2 is 1.95 bits per heavy atom. The molecular weight excluding hydrogens is 304 g/mol. The van der Waals surface area contributed by atoms with Gasteiger partial charge in [0, 0.05) is 17.2 Å².